The normalized spacial score (nSPS) is 12.8. The van der Waals surface area contributed by atoms with Gasteiger partial charge >= 0.3 is 0 Å². The van der Waals surface area contributed by atoms with Gasteiger partial charge in [-0.25, -0.2) is 0 Å². The van der Waals surface area contributed by atoms with Crippen LogP contribution in [0.4, 0.5) is 0 Å². The fourth-order valence-corrected chi connectivity index (χ4v) is 2.13. The number of hydrogen-bond acceptors (Lipinski definition) is 2. The zero-order chi connectivity index (χ0) is 12.1. The van der Waals surface area contributed by atoms with Crippen molar-refractivity contribution < 1.29 is 0 Å². The lowest BCUT2D eigenvalue weighted by Gasteiger charge is -2.17. The summed E-state index contributed by atoms with van der Waals surface area (Å²) < 4.78 is 0. The average Bonchev–Trinajstić information content (AvgIpc) is 2.39. The van der Waals surface area contributed by atoms with E-state index in [0.717, 1.165) is 18.5 Å². The Bertz CT molecular complexity index is 479. The van der Waals surface area contributed by atoms with Crippen molar-refractivity contribution in [1.82, 2.24) is 10.3 Å². The molecule has 1 atom stereocenters. The van der Waals surface area contributed by atoms with Gasteiger partial charge in [-0.3, -0.25) is 4.98 Å². The van der Waals surface area contributed by atoms with E-state index in [9.17, 15) is 0 Å². The van der Waals surface area contributed by atoms with Crippen LogP contribution >= 0.6 is 0 Å². The summed E-state index contributed by atoms with van der Waals surface area (Å²) in [7, 11) is 0. The van der Waals surface area contributed by atoms with Crippen LogP contribution in [0.25, 0.3) is 10.9 Å². The molecule has 0 aliphatic rings. The van der Waals surface area contributed by atoms with Crippen molar-refractivity contribution in [2.75, 3.05) is 6.54 Å². The van der Waals surface area contributed by atoms with Gasteiger partial charge in [0, 0.05) is 17.6 Å². The van der Waals surface area contributed by atoms with E-state index >= 15 is 0 Å². The molecule has 0 saturated carbocycles. The number of fused-ring (bicyclic) bond motifs is 1. The van der Waals surface area contributed by atoms with Crippen LogP contribution in [-0.4, -0.2) is 11.5 Å². The first-order valence-electron chi connectivity index (χ1n) is 6.43. The van der Waals surface area contributed by atoms with Gasteiger partial charge in [0.05, 0.1) is 5.52 Å². The summed E-state index contributed by atoms with van der Waals surface area (Å²) in [4.78, 5) is 4.35. The SMILES string of the molecule is CCCNC(CC)c1ccc2ncccc2c1. The van der Waals surface area contributed by atoms with E-state index in [1.807, 2.05) is 12.3 Å². The second kappa shape index (κ2) is 5.78. The number of nitrogens with zero attached hydrogens (tertiary/aromatic N) is 1. The molecule has 1 unspecified atom stereocenters. The van der Waals surface area contributed by atoms with Gasteiger partial charge in [-0.2, -0.15) is 0 Å². The molecule has 1 heterocycles. The molecule has 2 heteroatoms. The van der Waals surface area contributed by atoms with E-state index in [2.05, 4.69) is 48.4 Å². The van der Waals surface area contributed by atoms with Crippen LogP contribution in [0, 0.1) is 0 Å². The maximum Gasteiger partial charge on any atom is 0.0702 e. The Labute approximate surface area is 103 Å². The molecule has 0 bridgehead atoms. The first-order chi connectivity index (χ1) is 8.35. The van der Waals surface area contributed by atoms with Crippen LogP contribution < -0.4 is 5.32 Å². The number of pyridine rings is 1. The Morgan fingerprint density at radius 3 is 2.88 bits per heavy atom. The molecule has 0 spiro atoms. The summed E-state index contributed by atoms with van der Waals surface area (Å²) in [5, 5.41) is 4.80. The Morgan fingerprint density at radius 2 is 2.12 bits per heavy atom. The molecule has 2 rings (SSSR count). The maximum atomic E-state index is 4.35. The molecule has 1 aromatic carbocycles. The zero-order valence-electron chi connectivity index (χ0n) is 10.6. The summed E-state index contributed by atoms with van der Waals surface area (Å²) in [6.07, 6.45) is 4.13. The van der Waals surface area contributed by atoms with E-state index in [1.54, 1.807) is 0 Å². The summed E-state index contributed by atoms with van der Waals surface area (Å²) in [5.74, 6) is 0. The lowest BCUT2D eigenvalue weighted by Crippen LogP contribution is -2.21. The second-order valence-electron chi connectivity index (χ2n) is 4.37. The number of hydrogen-bond donors (Lipinski definition) is 1. The van der Waals surface area contributed by atoms with Crippen molar-refractivity contribution in [3.05, 3.63) is 42.1 Å². The van der Waals surface area contributed by atoms with E-state index < -0.39 is 0 Å². The van der Waals surface area contributed by atoms with Crippen molar-refractivity contribution in [3.8, 4) is 0 Å². The molecule has 0 fully saturated rings. The highest BCUT2D eigenvalue weighted by Gasteiger charge is 2.08. The zero-order valence-corrected chi connectivity index (χ0v) is 10.6. The second-order valence-corrected chi connectivity index (χ2v) is 4.37. The quantitative estimate of drug-likeness (QED) is 0.844. The minimum atomic E-state index is 0.458. The molecule has 2 nitrogen and oxygen atoms in total. The third kappa shape index (κ3) is 2.83. The fraction of sp³-hybridized carbons (Fsp3) is 0.400. The van der Waals surface area contributed by atoms with Crippen molar-refractivity contribution >= 4 is 10.9 Å². The summed E-state index contributed by atoms with van der Waals surface area (Å²) in [6, 6.07) is 11.1. The van der Waals surface area contributed by atoms with E-state index in [0.29, 0.717) is 6.04 Å². The van der Waals surface area contributed by atoms with Crippen molar-refractivity contribution in [3.63, 3.8) is 0 Å². The van der Waals surface area contributed by atoms with Crippen LogP contribution in [0.5, 0.6) is 0 Å². The van der Waals surface area contributed by atoms with Gasteiger partial charge < -0.3 is 5.32 Å². The highest BCUT2D eigenvalue weighted by molar-refractivity contribution is 5.79. The van der Waals surface area contributed by atoms with Crippen LogP contribution in [0.3, 0.4) is 0 Å². The lowest BCUT2D eigenvalue weighted by atomic mass is 10.0. The Hall–Kier alpha value is -1.41. The molecule has 2 aromatic rings. The smallest absolute Gasteiger partial charge is 0.0702 e. The highest BCUT2D eigenvalue weighted by atomic mass is 14.9. The largest absolute Gasteiger partial charge is 0.310 e. The van der Waals surface area contributed by atoms with Gasteiger partial charge in [-0.05, 0) is 43.1 Å². The van der Waals surface area contributed by atoms with Crippen LogP contribution in [0.15, 0.2) is 36.5 Å². The molecule has 0 amide bonds. The number of nitrogens with one attached hydrogen (secondary N) is 1. The van der Waals surface area contributed by atoms with Crippen molar-refractivity contribution in [1.29, 1.82) is 0 Å². The van der Waals surface area contributed by atoms with Crippen LogP contribution in [-0.2, 0) is 0 Å². The molecule has 1 aromatic heterocycles. The Morgan fingerprint density at radius 1 is 1.24 bits per heavy atom. The van der Waals surface area contributed by atoms with Crippen molar-refractivity contribution in [2.45, 2.75) is 32.7 Å². The highest BCUT2D eigenvalue weighted by Crippen LogP contribution is 2.21. The van der Waals surface area contributed by atoms with E-state index in [-0.39, 0.29) is 0 Å². The van der Waals surface area contributed by atoms with E-state index in [1.165, 1.54) is 17.4 Å². The number of benzene rings is 1. The molecule has 0 radical (unpaired) electrons. The van der Waals surface area contributed by atoms with E-state index in [4.69, 9.17) is 0 Å². The Kier molecular flexibility index (Phi) is 4.10. The number of aromatic nitrogens is 1. The fourth-order valence-electron chi connectivity index (χ4n) is 2.13. The molecule has 17 heavy (non-hydrogen) atoms. The molecular formula is C15H20N2. The summed E-state index contributed by atoms with van der Waals surface area (Å²) >= 11 is 0. The monoisotopic (exact) mass is 228 g/mol. The summed E-state index contributed by atoms with van der Waals surface area (Å²) in [6.45, 7) is 5.49. The van der Waals surface area contributed by atoms with Gasteiger partial charge in [-0.1, -0.05) is 26.0 Å². The first-order valence-corrected chi connectivity index (χ1v) is 6.43. The summed E-state index contributed by atoms with van der Waals surface area (Å²) in [5.41, 5.74) is 2.43. The number of rotatable bonds is 5. The molecular weight excluding hydrogens is 208 g/mol. The van der Waals surface area contributed by atoms with Gasteiger partial charge in [-0.15, -0.1) is 0 Å². The molecule has 0 aliphatic heterocycles. The first kappa shape index (κ1) is 12.1. The maximum absolute atomic E-state index is 4.35. The van der Waals surface area contributed by atoms with Gasteiger partial charge in [0.15, 0.2) is 0 Å². The average molecular weight is 228 g/mol. The molecule has 1 N–H and O–H groups in total. The molecule has 0 saturated heterocycles. The third-order valence-corrected chi connectivity index (χ3v) is 3.08. The van der Waals surface area contributed by atoms with Gasteiger partial charge in [0.25, 0.3) is 0 Å². The van der Waals surface area contributed by atoms with Crippen LogP contribution in [0.1, 0.15) is 38.3 Å². The van der Waals surface area contributed by atoms with Crippen LogP contribution in [0.2, 0.25) is 0 Å². The molecule has 0 aliphatic carbocycles. The topological polar surface area (TPSA) is 24.9 Å². The third-order valence-electron chi connectivity index (χ3n) is 3.08. The lowest BCUT2D eigenvalue weighted by molar-refractivity contribution is 0.519. The minimum Gasteiger partial charge on any atom is -0.310 e. The standard InChI is InChI=1S/C15H20N2/c1-3-9-16-14(4-2)13-7-8-15-12(11-13)6-5-10-17-15/h5-8,10-11,14,16H,3-4,9H2,1-2H3. The molecule has 90 valence electrons. The Balaban J connectivity index is 2.27. The van der Waals surface area contributed by atoms with Gasteiger partial charge in [0.2, 0.25) is 0 Å². The van der Waals surface area contributed by atoms with Crippen molar-refractivity contribution in [2.24, 2.45) is 0 Å². The predicted octanol–water partition coefficient (Wildman–Crippen LogP) is 3.69. The van der Waals surface area contributed by atoms with Gasteiger partial charge in [0.1, 0.15) is 0 Å². The predicted molar refractivity (Wildman–Crippen MR) is 73.1 cm³/mol. The minimum absolute atomic E-state index is 0.458.